The lowest BCUT2D eigenvalue weighted by atomic mass is 9.58. The van der Waals surface area contributed by atoms with E-state index < -0.39 is 9.75 Å². The molecular formula is C42H80Cl2N2. The van der Waals surface area contributed by atoms with Crippen LogP contribution in [0, 0.1) is 0 Å². The van der Waals surface area contributed by atoms with Crippen molar-refractivity contribution < 1.29 is 0 Å². The van der Waals surface area contributed by atoms with Gasteiger partial charge in [0.2, 0.25) is 0 Å². The van der Waals surface area contributed by atoms with Gasteiger partial charge in [-0.3, -0.25) is 0 Å². The third-order valence-electron chi connectivity index (χ3n) is 12.1. The predicted molar refractivity (Wildman–Crippen MR) is 211 cm³/mol. The summed E-state index contributed by atoms with van der Waals surface area (Å²) in [6.07, 6.45) is 30.2. The summed E-state index contributed by atoms with van der Waals surface area (Å²) in [5, 5.41) is 7.88. The highest BCUT2D eigenvalue weighted by atomic mass is 35.5. The smallest absolute Gasteiger partial charge is 0.106 e. The molecule has 1 aliphatic carbocycles. The summed E-state index contributed by atoms with van der Waals surface area (Å²) < 4.78 is 0. The van der Waals surface area contributed by atoms with Gasteiger partial charge in [-0.1, -0.05) is 156 Å². The van der Waals surface area contributed by atoms with Crippen molar-refractivity contribution in [1.82, 2.24) is 10.6 Å². The maximum absolute atomic E-state index is 8.28. The largest absolute Gasteiger partial charge is 0.312 e. The number of rotatable bonds is 28. The molecule has 0 heterocycles. The molecule has 0 radical (unpaired) electrons. The zero-order valence-electron chi connectivity index (χ0n) is 32.7. The van der Waals surface area contributed by atoms with E-state index in [1.165, 1.54) is 151 Å². The second-order valence-electron chi connectivity index (χ2n) is 15.2. The van der Waals surface area contributed by atoms with Crippen LogP contribution in [0.5, 0.6) is 0 Å². The van der Waals surface area contributed by atoms with Crippen LogP contribution in [-0.2, 0) is 0 Å². The number of halogens is 2. The minimum atomic E-state index is -0.717. The standard InChI is InChI=1S/C42H80Cl2N2/c1-11-15-19-23-25-28-32-40(45-9,31-27-21-17-13-3)38-35(5)36(6)42(44,39(8,43)37(38)7)41(46-10,33-29-22-18-14-4)34-30-26-24-20-16-12-2/h45-46H,11-34H2,1-10H3. The normalized spacial score (nSPS) is 23.2. The summed E-state index contributed by atoms with van der Waals surface area (Å²) in [5.74, 6) is 0. The Morgan fingerprint density at radius 3 is 1.22 bits per heavy atom. The molecule has 1 rings (SSSR count). The Labute approximate surface area is 299 Å². The van der Waals surface area contributed by atoms with E-state index in [0.717, 1.165) is 25.7 Å². The van der Waals surface area contributed by atoms with Gasteiger partial charge >= 0.3 is 0 Å². The van der Waals surface area contributed by atoms with E-state index in [4.69, 9.17) is 23.2 Å². The van der Waals surface area contributed by atoms with Crippen molar-refractivity contribution in [2.45, 2.75) is 230 Å². The van der Waals surface area contributed by atoms with Gasteiger partial charge in [-0.15, -0.1) is 23.2 Å². The van der Waals surface area contributed by atoms with E-state index in [0.29, 0.717) is 0 Å². The van der Waals surface area contributed by atoms with Gasteiger partial charge in [-0.05, 0) is 89.8 Å². The fourth-order valence-corrected chi connectivity index (χ4v) is 9.85. The summed E-state index contributed by atoms with van der Waals surface area (Å²) in [4.78, 5) is -1.43. The number of likely N-dealkylation sites (N-methyl/N-ethyl adjacent to an activating group) is 1. The number of hydrogen-bond acceptors (Lipinski definition) is 2. The highest BCUT2D eigenvalue weighted by molar-refractivity contribution is 6.38. The lowest BCUT2D eigenvalue weighted by molar-refractivity contribution is 0.194. The van der Waals surface area contributed by atoms with Crippen molar-refractivity contribution in [2.75, 3.05) is 14.1 Å². The molecule has 0 fully saturated rings. The third kappa shape index (κ3) is 11.0. The van der Waals surface area contributed by atoms with Crippen molar-refractivity contribution >= 4 is 23.2 Å². The maximum Gasteiger partial charge on any atom is 0.106 e. The number of nitrogens with one attached hydrogen (secondary N) is 2. The van der Waals surface area contributed by atoms with Gasteiger partial charge in [0.25, 0.3) is 0 Å². The van der Waals surface area contributed by atoms with Crippen molar-refractivity contribution in [3.05, 3.63) is 22.3 Å². The quantitative estimate of drug-likeness (QED) is 0.0633. The number of unbranched alkanes of at least 4 members (excludes halogenated alkanes) is 16. The molecule has 0 aromatic heterocycles. The zero-order chi connectivity index (χ0) is 34.7. The molecule has 0 amide bonds. The highest BCUT2D eigenvalue weighted by Gasteiger charge is 2.63. The molecule has 272 valence electrons. The van der Waals surface area contributed by atoms with Crippen molar-refractivity contribution in [3.8, 4) is 0 Å². The van der Waals surface area contributed by atoms with E-state index in [1.807, 2.05) is 0 Å². The summed E-state index contributed by atoms with van der Waals surface area (Å²) >= 11 is 16.3. The van der Waals surface area contributed by atoms with Gasteiger partial charge in [-0.2, -0.15) is 0 Å². The van der Waals surface area contributed by atoms with Gasteiger partial charge in [0.05, 0.1) is 4.87 Å². The Morgan fingerprint density at radius 1 is 0.500 bits per heavy atom. The van der Waals surface area contributed by atoms with E-state index in [2.05, 4.69) is 80.1 Å². The summed E-state index contributed by atoms with van der Waals surface area (Å²) in [5.41, 5.74) is 5.08. The Morgan fingerprint density at radius 2 is 0.848 bits per heavy atom. The molecule has 2 N–H and O–H groups in total. The Bertz CT molecular complexity index is 892. The molecule has 0 bridgehead atoms. The molecule has 0 aliphatic heterocycles. The average molecular weight is 684 g/mol. The first-order valence-corrected chi connectivity index (χ1v) is 20.9. The van der Waals surface area contributed by atoms with E-state index in [-0.39, 0.29) is 11.1 Å². The molecule has 4 heteroatoms. The van der Waals surface area contributed by atoms with Crippen LogP contribution in [0.25, 0.3) is 0 Å². The van der Waals surface area contributed by atoms with Crippen LogP contribution < -0.4 is 10.6 Å². The van der Waals surface area contributed by atoms with Crippen LogP contribution in [0.1, 0.15) is 209 Å². The van der Waals surface area contributed by atoms with Crippen LogP contribution in [0.4, 0.5) is 0 Å². The monoisotopic (exact) mass is 683 g/mol. The van der Waals surface area contributed by atoms with Gasteiger partial charge in [0.15, 0.2) is 0 Å². The molecule has 0 aromatic carbocycles. The topological polar surface area (TPSA) is 24.1 Å². The summed E-state index contributed by atoms with van der Waals surface area (Å²) in [7, 11) is 4.37. The molecule has 1 aliphatic rings. The molecule has 4 unspecified atom stereocenters. The lowest BCUT2D eigenvalue weighted by Crippen LogP contribution is -2.69. The van der Waals surface area contributed by atoms with E-state index in [9.17, 15) is 0 Å². The van der Waals surface area contributed by atoms with Crippen LogP contribution in [0.3, 0.4) is 0 Å². The predicted octanol–water partition coefficient (Wildman–Crippen LogP) is 14.0. The number of hydrogen-bond donors (Lipinski definition) is 2. The molecule has 2 nitrogen and oxygen atoms in total. The fourth-order valence-electron chi connectivity index (χ4n) is 8.86. The van der Waals surface area contributed by atoms with Crippen LogP contribution >= 0.6 is 23.2 Å². The second-order valence-corrected chi connectivity index (χ2v) is 16.6. The van der Waals surface area contributed by atoms with E-state index in [1.54, 1.807) is 0 Å². The average Bonchev–Trinajstić information content (AvgIpc) is 3.05. The SMILES string of the molecule is CCCCCCCCC(CCCCCC)(NC)C1=C(C)C(C)(Cl)C(Cl)(C(CCCCCC)(CCCCCCCC)NC)C(C)=C1C. The third-order valence-corrected chi connectivity index (χ3v) is 13.8. The van der Waals surface area contributed by atoms with Gasteiger partial charge in [-0.25, -0.2) is 0 Å². The maximum atomic E-state index is 8.28. The molecule has 0 saturated heterocycles. The molecule has 46 heavy (non-hydrogen) atoms. The Kier molecular flexibility index (Phi) is 21.7. The minimum Gasteiger partial charge on any atom is -0.312 e. The minimum absolute atomic E-state index is 0.0784. The molecule has 0 saturated carbocycles. The second kappa shape index (κ2) is 22.6. The summed E-state index contributed by atoms with van der Waals surface area (Å²) in [6.45, 7) is 18.5. The van der Waals surface area contributed by atoms with Crippen LogP contribution in [0.2, 0.25) is 0 Å². The van der Waals surface area contributed by atoms with Crippen molar-refractivity contribution in [2.24, 2.45) is 0 Å². The Hall–Kier alpha value is -0.0200. The van der Waals surface area contributed by atoms with Crippen LogP contribution in [0.15, 0.2) is 22.3 Å². The zero-order valence-corrected chi connectivity index (χ0v) is 34.2. The molecule has 0 spiro atoms. The van der Waals surface area contributed by atoms with Gasteiger partial charge < -0.3 is 10.6 Å². The summed E-state index contributed by atoms with van der Waals surface area (Å²) in [6, 6.07) is 0. The highest BCUT2D eigenvalue weighted by Crippen LogP contribution is 2.60. The van der Waals surface area contributed by atoms with Crippen molar-refractivity contribution in [3.63, 3.8) is 0 Å². The van der Waals surface area contributed by atoms with Gasteiger partial charge in [0.1, 0.15) is 4.87 Å². The fraction of sp³-hybridized carbons (Fsp3) is 0.905. The lowest BCUT2D eigenvalue weighted by Gasteiger charge is -2.59. The van der Waals surface area contributed by atoms with E-state index >= 15 is 0 Å². The molecule has 0 aromatic rings. The first-order chi connectivity index (χ1) is 22.0. The van der Waals surface area contributed by atoms with Crippen LogP contribution in [-0.4, -0.2) is 34.9 Å². The number of alkyl halides is 2. The van der Waals surface area contributed by atoms with Gasteiger partial charge in [0, 0.05) is 11.1 Å². The Balaban J connectivity index is 3.67. The first-order valence-electron chi connectivity index (χ1n) is 20.1. The van der Waals surface area contributed by atoms with Crippen molar-refractivity contribution in [1.29, 1.82) is 0 Å². The molecular weight excluding hydrogens is 603 g/mol. The molecule has 4 atom stereocenters. The first kappa shape index (κ1) is 44.0. The number of allylic oxidation sites excluding steroid dienone is 1.